The Kier molecular flexibility index (Phi) is 4.91. The second-order valence-corrected chi connectivity index (χ2v) is 8.62. The Morgan fingerprint density at radius 3 is 2.42 bits per heavy atom. The van der Waals surface area contributed by atoms with Crippen LogP contribution in [0.5, 0.6) is 0 Å². The first-order valence-corrected chi connectivity index (χ1v) is 10.5. The van der Waals surface area contributed by atoms with E-state index >= 15 is 0 Å². The first kappa shape index (κ1) is 20.0. The number of nitrogens with zero attached hydrogens (tertiary/aromatic N) is 3. The molecular formula is C23H17Cl2N3O3. The topological polar surface area (TPSA) is 72.4 Å². The number of hydrogen-bond acceptors (Lipinski definition) is 5. The smallest absolute Gasteiger partial charge is 0.311 e. The molecule has 156 valence electrons. The van der Waals surface area contributed by atoms with Crippen molar-refractivity contribution in [3.05, 3.63) is 88.3 Å². The van der Waals surface area contributed by atoms with Crippen molar-refractivity contribution in [3.8, 4) is 0 Å². The van der Waals surface area contributed by atoms with E-state index in [1.54, 1.807) is 35.4 Å². The lowest BCUT2D eigenvalue weighted by atomic mass is 9.71. The van der Waals surface area contributed by atoms with Crippen LogP contribution in [0.15, 0.2) is 67.1 Å². The maximum atomic E-state index is 13.7. The fraction of sp³-hybridized carbons (Fsp3) is 0.217. The van der Waals surface area contributed by atoms with E-state index in [4.69, 9.17) is 27.9 Å². The van der Waals surface area contributed by atoms with Gasteiger partial charge < -0.3 is 4.74 Å². The summed E-state index contributed by atoms with van der Waals surface area (Å²) < 4.78 is 5.49. The van der Waals surface area contributed by atoms with Gasteiger partial charge in [0, 0.05) is 28.6 Å². The Labute approximate surface area is 188 Å². The summed E-state index contributed by atoms with van der Waals surface area (Å²) in [5.74, 6) is -0.426. The monoisotopic (exact) mass is 453 g/mol. The van der Waals surface area contributed by atoms with Crippen LogP contribution >= 0.6 is 23.2 Å². The fourth-order valence-electron chi connectivity index (χ4n) is 4.51. The molecule has 31 heavy (non-hydrogen) atoms. The minimum absolute atomic E-state index is 0.0395. The maximum Gasteiger partial charge on any atom is 0.311 e. The molecule has 3 atom stereocenters. The van der Waals surface area contributed by atoms with Gasteiger partial charge in [0.1, 0.15) is 12.1 Å². The normalized spacial score (nSPS) is 25.3. The molecule has 2 aliphatic heterocycles. The van der Waals surface area contributed by atoms with E-state index < -0.39 is 11.6 Å². The van der Waals surface area contributed by atoms with Crippen LogP contribution in [0.25, 0.3) is 0 Å². The summed E-state index contributed by atoms with van der Waals surface area (Å²) in [7, 11) is 0. The number of halogens is 2. The second kappa shape index (κ2) is 7.62. The highest BCUT2D eigenvalue weighted by atomic mass is 35.5. The number of carbonyl (C=O) groups excluding carboxylic acids is 2. The van der Waals surface area contributed by atoms with E-state index in [1.165, 1.54) is 6.33 Å². The summed E-state index contributed by atoms with van der Waals surface area (Å²) in [6, 6.07) is 16.2. The largest absolute Gasteiger partial charge is 0.448 e. The zero-order valence-electron chi connectivity index (χ0n) is 16.2. The average molecular weight is 454 g/mol. The Morgan fingerprint density at radius 2 is 1.77 bits per heavy atom. The van der Waals surface area contributed by atoms with Crippen LogP contribution < -0.4 is 4.90 Å². The van der Waals surface area contributed by atoms with E-state index in [0.29, 0.717) is 22.3 Å². The third kappa shape index (κ3) is 3.46. The van der Waals surface area contributed by atoms with Gasteiger partial charge in [-0.25, -0.2) is 9.97 Å². The van der Waals surface area contributed by atoms with Gasteiger partial charge in [0.05, 0.1) is 12.5 Å². The van der Waals surface area contributed by atoms with E-state index in [1.807, 2.05) is 30.3 Å². The van der Waals surface area contributed by atoms with Gasteiger partial charge in [-0.15, -0.1) is 0 Å². The molecule has 8 heteroatoms. The maximum absolute atomic E-state index is 13.7. The van der Waals surface area contributed by atoms with Crippen molar-refractivity contribution in [2.75, 3.05) is 4.90 Å². The number of anilines is 1. The Bertz CT molecular complexity index is 1150. The predicted octanol–water partition coefficient (Wildman–Crippen LogP) is 4.73. The van der Waals surface area contributed by atoms with Crippen molar-refractivity contribution in [2.24, 2.45) is 0 Å². The molecule has 6 nitrogen and oxygen atoms in total. The third-order valence-corrected chi connectivity index (χ3v) is 6.35. The number of hydrogen-bond donors (Lipinski definition) is 0. The molecular weight excluding hydrogens is 437 g/mol. The fourth-order valence-corrected chi connectivity index (χ4v) is 4.83. The van der Waals surface area contributed by atoms with Gasteiger partial charge in [0.25, 0.3) is 5.91 Å². The number of ether oxygens (including phenoxy) is 1. The predicted molar refractivity (Wildman–Crippen MR) is 116 cm³/mol. The molecule has 0 radical (unpaired) electrons. The Morgan fingerprint density at radius 1 is 1.00 bits per heavy atom. The Hall–Kier alpha value is -2.96. The van der Waals surface area contributed by atoms with Crippen molar-refractivity contribution in [3.63, 3.8) is 0 Å². The van der Waals surface area contributed by atoms with Crippen LogP contribution in [-0.4, -0.2) is 27.4 Å². The minimum atomic E-state index is -1.21. The number of rotatable bonds is 3. The zero-order valence-corrected chi connectivity index (χ0v) is 17.8. The number of amides is 1. The zero-order chi connectivity index (χ0) is 21.6. The lowest BCUT2D eigenvalue weighted by molar-refractivity contribution is -0.199. The molecule has 3 aromatic rings. The van der Waals surface area contributed by atoms with Crippen LogP contribution in [0.1, 0.15) is 35.9 Å². The van der Waals surface area contributed by atoms with Crippen molar-refractivity contribution in [1.82, 2.24) is 9.97 Å². The molecule has 3 unspecified atom stereocenters. The first-order valence-electron chi connectivity index (χ1n) is 9.79. The molecule has 3 heterocycles. The molecule has 1 aromatic heterocycles. The van der Waals surface area contributed by atoms with Crippen LogP contribution in [0.4, 0.5) is 5.82 Å². The van der Waals surface area contributed by atoms with Gasteiger partial charge in [0.2, 0.25) is 5.60 Å². The lowest BCUT2D eigenvalue weighted by Gasteiger charge is -2.52. The molecule has 2 aliphatic rings. The van der Waals surface area contributed by atoms with Crippen molar-refractivity contribution < 1.29 is 14.3 Å². The lowest BCUT2D eigenvalue weighted by Crippen LogP contribution is -2.64. The summed E-state index contributed by atoms with van der Waals surface area (Å²) >= 11 is 12.4. The number of esters is 1. The highest BCUT2D eigenvalue weighted by Crippen LogP contribution is 2.52. The van der Waals surface area contributed by atoms with Gasteiger partial charge in [-0.05, 0) is 41.5 Å². The van der Waals surface area contributed by atoms with Gasteiger partial charge in [-0.2, -0.15) is 0 Å². The molecule has 0 aliphatic carbocycles. The van der Waals surface area contributed by atoms with Crippen LogP contribution in [0.2, 0.25) is 10.0 Å². The highest BCUT2D eigenvalue weighted by molar-refractivity contribution is 6.30. The second-order valence-electron chi connectivity index (χ2n) is 7.75. The molecule has 1 amide bonds. The average Bonchev–Trinajstić information content (AvgIpc) is 2.75. The number of aromatic nitrogens is 2. The summed E-state index contributed by atoms with van der Waals surface area (Å²) in [4.78, 5) is 35.4. The highest BCUT2D eigenvalue weighted by Gasteiger charge is 2.61. The molecule has 5 rings (SSSR count). The molecule has 0 bridgehead atoms. The van der Waals surface area contributed by atoms with Gasteiger partial charge in [0.15, 0.2) is 0 Å². The summed E-state index contributed by atoms with van der Waals surface area (Å²) in [6.45, 7) is 0. The molecule has 0 saturated carbocycles. The Balaban J connectivity index is 1.70. The van der Waals surface area contributed by atoms with Crippen LogP contribution in [0.3, 0.4) is 0 Å². The van der Waals surface area contributed by atoms with E-state index in [2.05, 4.69) is 9.97 Å². The SMILES string of the molecule is O=C1CC2(CC(c3cccc(Cl)c3)C(c3ccc(Cl)cc3)N(c3ccncn3)C2=O)O1. The van der Waals surface area contributed by atoms with Crippen molar-refractivity contribution in [2.45, 2.75) is 30.4 Å². The molecule has 2 saturated heterocycles. The van der Waals surface area contributed by atoms with Crippen LogP contribution in [0, 0.1) is 0 Å². The summed E-state index contributed by atoms with van der Waals surface area (Å²) in [5, 5.41) is 1.20. The summed E-state index contributed by atoms with van der Waals surface area (Å²) in [6.07, 6.45) is 3.37. The number of carbonyl (C=O) groups is 2. The van der Waals surface area contributed by atoms with Gasteiger partial charge in [-0.1, -0.05) is 47.5 Å². The van der Waals surface area contributed by atoms with Crippen molar-refractivity contribution >= 4 is 40.9 Å². The standard InChI is InChI=1S/C23H17Cl2N3O3/c24-16-6-4-14(5-7-16)21-18(15-2-1-3-17(25)10-15)11-23(12-20(29)31-23)22(30)28(21)19-8-9-26-13-27-19/h1-10,13,18,21H,11-12H2. The van der Waals surface area contributed by atoms with Crippen LogP contribution in [-0.2, 0) is 14.3 Å². The minimum Gasteiger partial charge on any atom is -0.448 e. The number of benzene rings is 2. The van der Waals surface area contributed by atoms with Crippen molar-refractivity contribution in [1.29, 1.82) is 0 Å². The van der Waals surface area contributed by atoms with E-state index in [9.17, 15) is 9.59 Å². The number of piperidine rings is 1. The quantitative estimate of drug-likeness (QED) is 0.535. The molecule has 2 fully saturated rings. The van der Waals surface area contributed by atoms with Gasteiger partial charge in [-0.3, -0.25) is 14.5 Å². The van der Waals surface area contributed by atoms with Gasteiger partial charge >= 0.3 is 5.97 Å². The summed E-state index contributed by atoms with van der Waals surface area (Å²) in [5.41, 5.74) is 0.626. The van der Waals surface area contributed by atoms with E-state index in [-0.39, 0.29) is 24.2 Å². The third-order valence-electron chi connectivity index (χ3n) is 5.86. The molecule has 2 aromatic carbocycles. The van der Waals surface area contributed by atoms with E-state index in [0.717, 1.165) is 11.1 Å². The molecule has 1 spiro atoms. The molecule has 0 N–H and O–H groups in total. The first-order chi connectivity index (χ1) is 15.0.